The van der Waals surface area contributed by atoms with Gasteiger partial charge in [-0.3, -0.25) is 0 Å². The Balaban J connectivity index is 0.000000255. The van der Waals surface area contributed by atoms with Crippen LogP contribution in [0.1, 0.15) is 13.8 Å². The van der Waals surface area contributed by atoms with Gasteiger partial charge in [0.25, 0.3) is 0 Å². The van der Waals surface area contributed by atoms with Crippen molar-refractivity contribution in [2.24, 2.45) is 0 Å². The third-order valence-corrected chi connectivity index (χ3v) is 1.65. The summed E-state index contributed by atoms with van der Waals surface area (Å²) in [7, 11) is 0. The van der Waals surface area contributed by atoms with E-state index in [1.54, 1.807) is 0 Å². The fraction of sp³-hybridized carbons (Fsp3) is 0.750. The number of rotatable bonds is 0. The third-order valence-electron chi connectivity index (χ3n) is 1.65. The van der Waals surface area contributed by atoms with Gasteiger partial charge in [-0.25, -0.2) is 9.59 Å². The van der Waals surface area contributed by atoms with Crippen LogP contribution in [-0.4, -0.2) is 47.3 Å². The molecule has 0 aromatic heterocycles. The lowest BCUT2D eigenvalue weighted by Crippen LogP contribution is -2.52. The number of hydrogen-bond donors (Lipinski definition) is 4. The molecule has 82 valence electrons. The van der Waals surface area contributed by atoms with Crippen LogP contribution in [0.4, 0.5) is 0 Å². The zero-order valence-corrected chi connectivity index (χ0v) is 8.28. The van der Waals surface area contributed by atoms with E-state index < -0.39 is 11.9 Å². The van der Waals surface area contributed by atoms with Crippen molar-refractivity contribution in [1.82, 2.24) is 10.6 Å². The fourth-order valence-corrected chi connectivity index (χ4v) is 1.12. The smallest absolute Gasteiger partial charge is 0.414 e. The minimum Gasteiger partial charge on any atom is -0.473 e. The fourth-order valence-electron chi connectivity index (χ4n) is 1.12. The third kappa shape index (κ3) is 6.38. The van der Waals surface area contributed by atoms with Crippen LogP contribution in [0.15, 0.2) is 0 Å². The molecule has 6 heteroatoms. The molecule has 0 aromatic carbocycles. The van der Waals surface area contributed by atoms with E-state index in [1.165, 1.54) is 0 Å². The lowest BCUT2D eigenvalue weighted by Gasteiger charge is -2.26. The molecule has 0 amide bonds. The summed E-state index contributed by atoms with van der Waals surface area (Å²) in [5.74, 6) is -3.65. The molecule has 0 spiro atoms. The van der Waals surface area contributed by atoms with Crippen molar-refractivity contribution in [2.75, 3.05) is 13.1 Å². The van der Waals surface area contributed by atoms with E-state index in [0.717, 1.165) is 13.1 Å². The number of piperazine rings is 1. The normalized spacial score (nSPS) is 25.9. The summed E-state index contributed by atoms with van der Waals surface area (Å²) in [6.07, 6.45) is 0. The largest absolute Gasteiger partial charge is 0.473 e. The van der Waals surface area contributed by atoms with Gasteiger partial charge in [0, 0.05) is 25.2 Å². The van der Waals surface area contributed by atoms with Gasteiger partial charge in [0.2, 0.25) is 0 Å². The molecule has 1 aliphatic heterocycles. The number of carboxylic acids is 2. The number of hydrogen-bond acceptors (Lipinski definition) is 4. The molecule has 0 bridgehead atoms. The summed E-state index contributed by atoms with van der Waals surface area (Å²) in [4.78, 5) is 18.2. The summed E-state index contributed by atoms with van der Waals surface area (Å²) in [6, 6.07) is 1.30. The van der Waals surface area contributed by atoms with Gasteiger partial charge < -0.3 is 20.8 Å². The first-order chi connectivity index (χ1) is 6.43. The van der Waals surface area contributed by atoms with E-state index in [4.69, 9.17) is 19.8 Å². The van der Waals surface area contributed by atoms with E-state index in [1.807, 2.05) is 0 Å². The molecule has 1 heterocycles. The second-order valence-electron chi connectivity index (χ2n) is 3.24. The van der Waals surface area contributed by atoms with Crippen LogP contribution in [-0.2, 0) is 9.59 Å². The first-order valence-corrected chi connectivity index (χ1v) is 4.36. The minimum atomic E-state index is -1.82. The molecule has 2 atom stereocenters. The predicted molar refractivity (Wildman–Crippen MR) is 50.2 cm³/mol. The molecule has 14 heavy (non-hydrogen) atoms. The molecular weight excluding hydrogens is 188 g/mol. The molecule has 1 aliphatic rings. The van der Waals surface area contributed by atoms with Gasteiger partial charge in [0.05, 0.1) is 0 Å². The average molecular weight is 204 g/mol. The monoisotopic (exact) mass is 204 g/mol. The van der Waals surface area contributed by atoms with Crippen molar-refractivity contribution in [3.05, 3.63) is 0 Å². The van der Waals surface area contributed by atoms with Crippen molar-refractivity contribution in [3.63, 3.8) is 0 Å². The summed E-state index contributed by atoms with van der Waals surface area (Å²) in [5, 5.41) is 21.5. The Morgan fingerprint density at radius 1 is 1.07 bits per heavy atom. The zero-order valence-electron chi connectivity index (χ0n) is 8.28. The minimum absolute atomic E-state index is 0.652. The quantitative estimate of drug-likeness (QED) is 0.382. The molecule has 1 fully saturated rings. The van der Waals surface area contributed by atoms with Gasteiger partial charge in [-0.2, -0.15) is 0 Å². The molecule has 6 nitrogen and oxygen atoms in total. The molecule has 4 N–H and O–H groups in total. The zero-order chi connectivity index (χ0) is 11.1. The van der Waals surface area contributed by atoms with Gasteiger partial charge in [0.1, 0.15) is 0 Å². The standard InChI is InChI=1S/C6H14N2.C2H2O4/c1-5-3-7-4-6(2)8-5;3-1(4)2(5)6/h5-8H,3-4H2,1-2H3;(H,3,4)(H,5,6)/t5-,6-;/m1./s1. The maximum Gasteiger partial charge on any atom is 0.414 e. The van der Waals surface area contributed by atoms with Crippen LogP contribution in [0.25, 0.3) is 0 Å². The topological polar surface area (TPSA) is 98.7 Å². The van der Waals surface area contributed by atoms with Crippen LogP contribution >= 0.6 is 0 Å². The highest BCUT2D eigenvalue weighted by Gasteiger charge is 2.11. The summed E-state index contributed by atoms with van der Waals surface area (Å²) in [6.45, 7) is 6.62. The first-order valence-electron chi connectivity index (χ1n) is 4.36. The highest BCUT2D eigenvalue weighted by atomic mass is 16.4. The molecule has 0 aliphatic carbocycles. The van der Waals surface area contributed by atoms with Crippen LogP contribution in [0, 0.1) is 0 Å². The van der Waals surface area contributed by atoms with Crippen LogP contribution < -0.4 is 10.6 Å². The molecule has 1 saturated heterocycles. The van der Waals surface area contributed by atoms with E-state index in [9.17, 15) is 0 Å². The maximum absolute atomic E-state index is 9.10. The van der Waals surface area contributed by atoms with Gasteiger partial charge in [-0.05, 0) is 13.8 Å². The Kier molecular flexibility index (Phi) is 5.82. The van der Waals surface area contributed by atoms with Crippen molar-refractivity contribution < 1.29 is 19.8 Å². The van der Waals surface area contributed by atoms with Crippen molar-refractivity contribution >= 4 is 11.9 Å². The number of carbonyl (C=O) groups is 2. The van der Waals surface area contributed by atoms with E-state index in [0.29, 0.717) is 12.1 Å². The Hall–Kier alpha value is -1.14. The van der Waals surface area contributed by atoms with Crippen molar-refractivity contribution in [1.29, 1.82) is 0 Å². The Morgan fingerprint density at radius 2 is 1.43 bits per heavy atom. The van der Waals surface area contributed by atoms with Crippen molar-refractivity contribution in [2.45, 2.75) is 25.9 Å². The molecule has 0 radical (unpaired) electrons. The second kappa shape index (κ2) is 6.33. The van der Waals surface area contributed by atoms with Crippen LogP contribution in [0.5, 0.6) is 0 Å². The molecule has 0 unspecified atom stereocenters. The van der Waals surface area contributed by atoms with Gasteiger partial charge >= 0.3 is 11.9 Å². The van der Waals surface area contributed by atoms with Crippen molar-refractivity contribution in [3.8, 4) is 0 Å². The number of carboxylic acid groups (broad SMARTS) is 2. The summed E-state index contributed by atoms with van der Waals surface area (Å²) >= 11 is 0. The number of aliphatic carboxylic acids is 2. The highest BCUT2D eigenvalue weighted by molar-refractivity contribution is 6.27. The lowest BCUT2D eigenvalue weighted by atomic mass is 10.2. The van der Waals surface area contributed by atoms with Gasteiger partial charge in [-0.1, -0.05) is 0 Å². The SMILES string of the molecule is C[C@@H]1CNC[C@@H](C)N1.O=C(O)C(=O)O. The van der Waals surface area contributed by atoms with Gasteiger partial charge in [-0.15, -0.1) is 0 Å². The molecule has 0 aromatic rings. The Morgan fingerprint density at radius 3 is 1.57 bits per heavy atom. The summed E-state index contributed by atoms with van der Waals surface area (Å²) < 4.78 is 0. The number of nitrogens with one attached hydrogen (secondary N) is 2. The molecule has 1 rings (SSSR count). The summed E-state index contributed by atoms with van der Waals surface area (Å²) in [5.41, 5.74) is 0. The Labute approximate surface area is 82.3 Å². The second-order valence-corrected chi connectivity index (χ2v) is 3.24. The van der Waals surface area contributed by atoms with E-state index >= 15 is 0 Å². The highest BCUT2D eigenvalue weighted by Crippen LogP contribution is 1.90. The van der Waals surface area contributed by atoms with Crippen LogP contribution in [0.3, 0.4) is 0 Å². The maximum atomic E-state index is 9.10. The van der Waals surface area contributed by atoms with E-state index in [-0.39, 0.29) is 0 Å². The Bertz CT molecular complexity index is 188. The predicted octanol–water partition coefficient (Wildman–Crippen LogP) is -0.888. The van der Waals surface area contributed by atoms with E-state index in [2.05, 4.69) is 24.5 Å². The molecule has 0 saturated carbocycles. The first kappa shape index (κ1) is 12.9. The van der Waals surface area contributed by atoms with Crippen LogP contribution in [0.2, 0.25) is 0 Å². The average Bonchev–Trinajstić information content (AvgIpc) is 2.04. The van der Waals surface area contributed by atoms with Gasteiger partial charge in [0.15, 0.2) is 0 Å². The molecular formula is C8H16N2O4. The lowest BCUT2D eigenvalue weighted by molar-refractivity contribution is -0.159.